The molecule has 1 aromatic heterocycles. The number of nitrogens with one attached hydrogen (secondary N) is 1. The van der Waals surface area contributed by atoms with E-state index >= 15 is 0 Å². The summed E-state index contributed by atoms with van der Waals surface area (Å²) < 4.78 is 25.1. The van der Waals surface area contributed by atoms with Gasteiger partial charge in [-0.15, -0.1) is 11.3 Å². The topological polar surface area (TPSA) is 110 Å². The Balaban J connectivity index is 3.08. The molecule has 0 aromatic carbocycles. The molecule has 0 unspecified atom stereocenters. The molecule has 0 aliphatic rings. The number of rotatable bonds is 5. The van der Waals surface area contributed by atoms with Gasteiger partial charge in [-0.2, -0.15) is 0 Å². The van der Waals surface area contributed by atoms with E-state index in [1.54, 1.807) is 0 Å². The smallest absolute Gasteiger partial charge is 0.300 e. The van der Waals surface area contributed by atoms with Crippen molar-refractivity contribution in [3.8, 4) is 0 Å². The molecule has 7 nitrogen and oxygen atoms in total. The highest BCUT2D eigenvalue weighted by Gasteiger charge is 2.26. The zero-order valence-corrected chi connectivity index (χ0v) is 11.0. The van der Waals surface area contributed by atoms with Crippen LogP contribution in [0, 0.1) is 10.1 Å². The van der Waals surface area contributed by atoms with Gasteiger partial charge in [-0.1, -0.05) is 11.6 Å². The number of sulfonamides is 1. The van der Waals surface area contributed by atoms with Crippen LogP contribution in [0.15, 0.2) is 10.3 Å². The van der Waals surface area contributed by atoms with E-state index in [-0.39, 0.29) is 15.2 Å². The van der Waals surface area contributed by atoms with Gasteiger partial charge in [0.1, 0.15) is 4.21 Å². The lowest BCUT2D eigenvalue weighted by atomic mass is 10.4. The first-order chi connectivity index (χ1) is 7.77. The molecule has 0 aliphatic heterocycles. The summed E-state index contributed by atoms with van der Waals surface area (Å²) in [5.74, 6) is 0. The summed E-state index contributed by atoms with van der Waals surface area (Å²) >= 11 is 6.15. The number of halogens is 1. The van der Waals surface area contributed by atoms with Gasteiger partial charge in [-0.25, -0.2) is 13.1 Å². The minimum atomic E-state index is -3.89. The molecule has 1 aromatic rings. The molecule has 1 atom stereocenters. The van der Waals surface area contributed by atoms with E-state index in [2.05, 4.69) is 4.72 Å². The molecule has 96 valence electrons. The van der Waals surface area contributed by atoms with Crippen molar-refractivity contribution in [2.24, 2.45) is 0 Å². The Morgan fingerprint density at radius 3 is 2.71 bits per heavy atom. The van der Waals surface area contributed by atoms with Crippen LogP contribution in [0.4, 0.5) is 5.69 Å². The normalized spacial score (nSPS) is 13.6. The van der Waals surface area contributed by atoms with Crippen molar-refractivity contribution in [2.45, 2.75) is 17.2 Å². The molecule has 0 saturated heterocycles. The Hall–Kier alpha value is -0.740. The Morgan fingerprint density at radius 2 is 2.29 bits per heavy atom. The Bertz CT molecular complexity index is 526. The van der Waals surface area contributed by atoms with Crippen LogP contribution < -0.4 is 4.72 Å². The van der Waals surface area contributed by atoms with E-state index in [1.165, 1.54) is 6.92 Å². The minimum Gasteiger partial charge on any atom is -0.395 e. The van der Waals surface area contributed by atoms with Crippen molar-refractivity contribution in [1.29, 1.82) is 0 Å². The highest BCUT2D eigenvalue weighted by molar-refractivity contribution is 7.91. The highest BCUT2D eigenvalue weighted by Crippen LogP contribution is 2.36. The summed E-state index contributed by atoms with van der Waals surface area (Å²) in [6, 6.07) is 0.208. The molecular formula is C7H9ClN2O5S2. The van der Waals surface area contributed by atoms with Crippen molar-refractivity contribution < 1.29 is 18.4 Å². The van der Waals surface area contributed by atoms with E-state index in [9.17, 15) is 18.5 Å². The van der Waals surface area contributed by atoms with Crippen molar-refractivity contribution in [1.82, 2.24) is 4.72 Å². The second-order valence-electron chi connectivity index (χ2n) is 3.19. The van der Waals surface area contributed by atoms with Gasteiger partial charge in [0.05, 0.1) is 11.5 Å². The summed E-state index contributed by atoms with van der Waals surface area (Å²) in [5, 5.41) is 19.2. The van der Waals surface area contributed by atoms with E-state index in [0.29, 0.717) is 11.3 Å². The van der Waals surface area contributed by atoms with E-state index in [1.807, 2.05) is 0 Å². The number of thiophene rings is 1. The average molecular weight is 301 g/mol. The Labute approximate surface area is 106 Å². The summed E-state index contributed by atoms with van der Waals surface area (Å²) in [6.45, 7) is 1.08. The van der Waals surface area contributed by atoms with Gasteiger partial charge >= 0.3 is 0 Å². The fraction of sp³-hybridized carbons (Fsp3) is 0.429. The molecule has 10 heteroatoms. The molecule has 17 heavy (non-hydrogen) atoms. The van der Waals surface area contributed by atoms with Crippen LogP contribution in [-0.4, -0.2) is 31.1 Å². The molecule has 0 amide bonds. The predicted molar refractivity (Wildman–Crippen MR) is 62.9 cm³/mol. The van der Waals surface area contributed by atoms with Gasteiger partial charge in [-0.3, -0.25) is 10.1 Å². The van der Waals surface area contributed by atoms with E-state index in [0.717, 1.165) is 6.07 Å². The zero-order chi connectivity index (χ0) is 13.2. The molecule has 0 fully saturated rings. The lowest BCUT2D eigenvalue weighted by Crippen LogP contribution is -2.34. The van der Waals surface area contributed by atoms with Crippen LogP contribution in [-0.2, 0) is 10.0 Å². The van der Waals surface area contributed by atoms with Crippen LogP contribution in [0.3, 0.4) is 0 Å². The number of aliphatic hydroxyl groups excluding tert-OH is 1. The maximum atomic E-state index is 11.7. The van der Waals surface area contributed by atoms with Crippen LogP contribution in [0.2, 0.25) is 4.34 Å². The summed E-state index contributed by atoms with van der Waals surface area (Å²) in [7, 11) is -3.89. The maximum Gasteiger partial charge on any atom is 0.300 e. The second-order valence-corrected chi connectivity index (χ2v) is 6.78. The number of nitrogens with zero attached hydrogens (tertiary/aromatic N) is 1. The van der Waals surface area contributed by atoms with Crippen molar-refractivity contribution in [3.05, 3.63) is 20.5 Å². The molecule has 0 spiro atoms. The monoisotopic (exact) mass is 300 g/mol. The summed E-state index contributed by atoms with van der Waals surface area (Å²) in [5.41, 5.74) is -0.450. The average Bonchev–Trinajstić information content (AvgIpc) is 2.60. The number of hydrogen-bond donors (Lipinski definition) is 2. The highest BCUT2D eigenvalue weighted by atomic mass is 35.5. The van der Waals surface area contributed by atoms with Gasteiger partial charge in [0.2, 0.25) is 0 Å². The largest absolute Gasteiger partial charge is 0.395 e. The third-order valence-corrected chi connectivity index (χ3v) is 5.14. The fourth-order valence-corrected chi connectivity index (χ4v) is 3.87. The molecule has 0 saturated carbocycles. The van der Waals surface area contributed by atoms with Crippen molar-refractivity contribution in [3.63, 3.8) is 0 Å². The first-order valence-corrected chi connectivity index (χ1v) is 7.02. The van der Waals surface area contributed by atoms with Gasteiger partial charge < -0.3 is 5.11 Å². The lowest BCUT2D eigenvalue weighted by molar-refractivity contribution is -0.384. The van der Waals surface area contributed by atoms with E-state index < -0.39 is 26.7 Å². The van der Waals surface area contributed by atoms with Crippen molar-refractivity contribution >= 4 is 38.6 Å². The van der Waals surface area contributed by atoms with Crippen LogP contribution in [0.1, 0.15) is 6.92 Å². The third-order valence-electron chi connectivity index (χ3n) is 1.74. The Morgan fingerprint density at radius 1 is 1.71 bits per heavy atom. The van der Waals surface area contributed by atoms with Crippen molar-refractivity contribution in [2.75, 3.05) is 6.61 Å². The number of aliphatic hydroxyl groups is 1. The second kappa shape index (κ2) is 5.27. The lowest BCUT2D eigenvalue weighted by Gasteiger charge is -2.09. The zero-order valence-electron chi connectivity index (χ0n) is 8.58. The molecule has 2 N–H and O–H groups in total. The summed E-state index contributed by atoms with van der Waals surface area (Å²) in [4.78, 5) is 9.76. The van der Waals surface area contributed by atoms with Gasteiger partial charge in [0.15, 0.2) is 4.34 Å². The molecular weight excluding hydrogens is 292 g/mol. The standard InChI is InChI=1S/C7H9ClN2O5S2/c1-4(3-11)9-17(14,15)6-2-5(10(12)13)7(8)16-6/h2,4,9,11H,3H2,1H3/t4-/m1/s1. The molecule has 1 rings (SSSR count). The van der Waals surface area contributed by atoms with Gasteiger partial charge in [-0.05, 0) is 6.92 Å². The minimum absolute atomic E-state index is 0.202. The van der Waals surface area contributed by atoms with Gasteiger partial charge in [0, 0.05) is 12.1 Å². The van der Waals surface area contributed by atoms with Crippen LogP contribution in [0.5, 0.6) is 0 Å². The number of nitro groups is 1. The quantitative estimate of drug-likeness (QED) is 0.622. The predicted octanol–water partition coefficient (Wildman–Crippen LogP) is 0.969. The molecule has 1 heterocycles. The molecule has 0 radical (unpaired) electrons. The fourth-order valence-electron chi connectivity index (χ4n) is 0.956. The first kappa shape index (κ1) is 14.3. The molecule has 0 bridgehead atoms. The van der Waals surface area contributed by atoms with Crippen LogP contribution in [0.25, 0.3) is 0 Å². The maximum absolute atomic E-state index is 11.7. The van der Waals surface area contributed by atoms with E-state index in [4.69, 9.17) is 16.7 Å². The van der Waals surface area contributed by atoms with Crippen LogP contribution >= 0.6 is 22.9 Å². The van der Waals surface area contributed by atoms with Gasteiger partial charge in [0.25, 0.3) is 15.7 Å². The third kappa shape index (κ3) is 3.36. The molecule has 0 aliphatic carbocycles. The summed E-state index contributed by atoms with van der Waals surface area (Å²) in [6.07, 6.45) is 0. The number of hydrogen-bond acceptors (Lipinski definition) is 6. The SMILES string of the molecule is C[C@H](CO)NS(=O)(=O)c1cc([N+](=O)[O-])c(Cl)s1. The first-order valence-electron chi connectivity index (χ1n) is 4.35. The Kier molecular flexibility index (Phi) is 4.44.